The molecule has 0 fully saturated rings. The molecule has 0 radical (unpaired) electrons. The van der Waals surface area contributed by atoms with Gasteiger partial charge in [-0.2, -0.15) is 0 Å². The SMILES string of the molecule is CC(C)CNC(=O)C(Cc1ccccc1)N(Cc1ccc(Br)cc1)C(=O)CCCN(c1ccc(Cl)cc1)S(C)(=O)=O. The number of hydrogen-bond donors (Lipinski definition) is 1. The summed E-state index contributed by atoms with van der Waals surface area (Å²) in [4.78, 5) is 29.0. The number of carbonyl (C=O) groups is 2. The standard InChI is InChI=1S/C31H37BrClN3O4S/c1-23(2)21-34-31(38)29(20-24-8-5-4-6-9-24)35(22-25-11-13-26(32)14-12-25)30(37)10-7-19-36(41(3,39)40)28-17-15-27(33)16-18-28/h4-6,8-9,11-18,23,29H,7,10,19-22H2,1-3H3,(H,34,38). The van der Waals surface area contributed by atoms with Crippen molar-refractivity contribution in [2.24, 2.45) is 5.92 Å². The zero-order valence-electron chi connectivity index (χ0n) is 23.6. The molecule has 3 aromatic carbocycles. The minimum absolute atomic E-state index is 0.0683. The van der Waals surface area contributed by atoms with Crippen LogP contribution in [0.3, 0.4) is 0 Å². The van der Waals surface area contributed by atoms with E-state index in [1.165, 1.54) is 4.31 Å². The molecule has 7 nitrogen and oxygen atoms in total. The molecule has 2 amide bonds. The first-order valence-electron chi connectivity index (χ1n) is 13.5. The van der Waals surface area contributed by atoms with Crippen LogP contribution in [-0.4, -0.2) is 50.5 Å². The fraction of sp³-hybridized carbons (Fsp3) is 0.355. The van der Waals surface area contributed by atoms with Gasteiger partial charge >= 0.3 is 0 Å². The van der Waals surface area contributed by atoms with Crippen molar-refractivity contribution in [1.82, 2.24) is 10.2 Å². The number of nitrogens with one attached hydrogen (secondary N) is 1. The molecule has 1 atom stereocenters. The van der Waals surface area contributed by atoms with Gasteiger partial charge in [-0.15, -0.1) is 0 Å². The van der Waals surface area contributed by atoms with E-state index in [-0.39, 0.29) is 43.7 Å². The van der Waals surface area contributed by atoms with Crippen LogP contribution in [0.5, 0.6) is 0 Å². The Labute approximate surface area is 257 Å². The molecule has 3 rings (SSSR count). The van der Waals surface area contributed by atoms with E-state index < -0.39 is 16.1 Å². The third-order valence-corrected chi connectivity index (χ3v) is 8.46. The van der Waals surface area contributed by atoms with E-state index in [4.69, 9.17) is 11.6 Å². The van der Waals surface area contributed by atoms with Gasteiger partial charge in [-0.25, -0.2) is 8.42 Å². The van der Waals surface area contributed by atoms with Crippen molar-refractivity contribution in [3.8, 4) is 0 Å². The maximum Gasteiger partial charge on any atom is 0.243 e. The van der Waals surface area contributed by atoms with Gasteiger partial charge < -0.3 is 10.2 Å². The molecule has 220 valence electrons. The van der Waals surface area contributed by atoms with Crippen molar-refractivity contribution >= 4 is 55.1 Å². The molecule has 0 aliphatic rings. The summed E-state index contributed by atoms with van der Waals surface area (Å²) in [6.07, 6.45) is 1.83. The number of halogens is 2. The topological polar surface area (TPSA) is 86.8 Å². The second kappa shape index (κ2) is 15.4. The first kappa shape index (κ1) is 32.6. The van der Waals surface area contributed by atoms with E-state index in [1.54, 1.807) is 29.2 Å². The number of anilines is 1. The lowest BCUT2D eigenvalue weighted by atomic mass is 10.0. The number of benzene rings is 3. The quantitative estimate of drug-likeness (QED) is 0.227. The Balaban J connectivity index is 1.87. The summed E-state index contributed by atoms with van der Waals surface area (Å²) in [5.74, 6) is -0.188. The van der Waals surface area contributed by atoms with Crippen molar-refractivity contribution in [2.75, 3.05) is 23.7 Å². The highest BCUT2D eigenvalue weighted by Gasteiger charge is 2.30. The number of hydrogen-bond acceptors (Lipinski definition) is 4. The summed E-state index contributed by atoms with van der Waals surface area (Å²) in [6.45, 7) is 4.89. The predicted molar refractivity (Wildman–Crippen MR) is 169 cm³/mol. The molecule has 10 heteroatoms. The van der Waals surface area contributed by atoms with Gasteiger partial charge in [0.1, 0.15) is 6.04 Å². The number of amides is 2. The van der Waals surface area contributed by atoms with Crippen LogP contribution in [-0.2, 0) is 32.6 Å². The molecule has 0 heterocycles. The van der Waals surface area contributed by atoms with Crippen LogP contribution < -0.4 is 9.62 Å². The van der Waals surface area contributed by atoms with Gasteiger partial charge in [0.15, 0.2) is 0 Å². The number of rotatable bonds is 14. The Kier molecular flexibility index (Phi) is 12.2. The Hall–Kier alpha value is -2.88. The van der Waals surface area contributed by atoms with Crippen molar-refractivity contribution in [3.63, 3.8) is 0 Å². The highest BCUT2D eigenvalue weighted by atomic mass is 79.9. The Morgan fingerprint density at radius 3 is 2.15 bits per heavy atom. The van der Waals surface area contributed by atoms with Crippen LogP contribution in [0.1, 0.15) is 37.8 Å². The molecule has 41 heavy (non-hydrogen) atoms. The average Bonchev–Trinajstić information content (AvgIpc) is 2.93. The Morgan fingerprint density at radius 2 is 1.56 bits per heavy atom. The molecular formula is C31H37BrClN3O4S. The number of carbonyl (C=O) groups excluding carboxylic acids is 2. The van der Waals surface area contributed by atoms with E-state index in [9.17, 15) is 18.0 Å². The first-order chi connectivity index (χ1) is 19.4. The number of nitrogens with zero attached hydrogens (tertiary/aromatic N) is 2. The highest BCUT2D eigenvalue weighted by molar-refractivity contribution is 9.10. The molecule has 0 aromatic heterocycles. The second-order valence-corrected chi connectivity index (χ2v) is 13.7. The Morgan fingerprint density at radius 1 is 0.927 bits per heavy atom. The zero-order chi connectivity index (χ0) is 30.0. The van der Waals surface area contributed by atoms with Crippen molar-refractivity contribution < 1.29 is 18.0 Å². The van der Waals surface area contributed by atoms with Crippen LogP contribution in [0.4, 0.5) is 5.69 Å². The molecule has 1 N–H and O–H groups in total. The highest BCUT2D eigenvalue weighted by Crippen LogP contribution is 2.22. The fourth-order valence-corrected chi connectivity index (χ4v) is 5.73. The molecule has 0 bridgehead atoms. The summed E-state index contributed by atoms with van der Waals surface area (Å²) in [6, 6.07) is 23.1. The molecule has 1 unspecified atom stereocenters. The van der Waals surface area contributed by atoms with E-state index >= 15 is 0 Å². The largest absolute Gasteiger partial charge is 0.354 e. The monoisotopic (exact) mass is 661 g/mol. The van der Waals surface area contributed by atoms with Gasteiger partial charge in [0.25, 0.3) is 0 Å². The minimum Gasteiger partial charge on any atom is -0.354 e. The molecule has 0 saturated carbocycles. The predicted octanol–water partition coefficient (Wildman–Crippen LogP) is 6.06. The van der Waals surface area contributed by atoms with Gasteiger partial charge in [-0.3, -0.25) is 13.9 Å². The molecule has 0 aliphatic heterocycles. The third kappa shape index (κ3) is 10.5. The normalized spacial score (nSPS) is 12.1. The van der Waals surface area contributed by atoms with Crippen LogP contribution in [0.2, 0.25) is 5.02 Å². The lowest BCUT2D eigenvalue weighted by Crippen LogP contribution is -2.51. The first-order valence-corrected chi connectivity index (χ1v) is 16.5. The van der Waals surface area contributed by atoms with Crippen LogP contribution in [0.15, 0.2) is 83.3 Å². The lowest BCUT2D eigenvalue weighted by Gasteiger charge is -2.32. The summed E-state index contributed by atoms with van der Waals surface area (Å²) >= 11 is 9.44. The second-order valence-electron chi connectivity index (χ2n) is 10.4. The van der Waals surface area contributed by atoms with Crippen LogP contribution in [0, 0.1) is 5.92 Å². The molecule has 3 aromatic rings. The molecule has 0 saturated heterocycles. The van der Waals surface area contributed by atoms with E-state index in [1.807, 2.05) is 68.4 Å². The van der Waals surface area contributed by atoms with Gasteiger partial charge in [0.05, 0.1) is 11.9 Å². The summed E-state index contributed by atoms with van der Waals surface area (Å²) in [7, 11) is -3.59. The number of sulfonamides is 1. The van der Waals surface area contributed by atoms with Gasteiger partial charge in [0, 0.05) is 42.0 Å². The molecule has 0 spiro atoms. The van der Waals surface area contributed by atoms with Crippen molar-refractivity contribution in [3.05, 3.63) is 99.5 Å². The average molecular weight is 663 g/mol. The maximum atomic E-state index is 13.9. The maximum absolute atomic E-state index is 13.9. The van der Waals surface area contributed by atoms with E-state index in [2.05, 4.69) is 21.2 Å². The smallest absolute Gasteiger partial charge is 0.243 e. The summed E-state index contributed by atoms with van der Waals surface area (Å²) in [5, 5.41) is 3.52. The van der Waals surface area contributed by atoms with E-state index in [0.717, 1.165) is 21.9 Å². The van der Waals surface area contributed by atoms with Gasteiger partial charge in [0.2, 0.25) is 21.8 Å². The Bertz CT molecular complexity index is 1390. The molecular weight excluding hydrogens is 626 g/mol. The van der Waals surface area contributed by atoms with Crippen LogP contribution >= 0.6 is 27.5 Å². The fourth-order valence-electron chi connectivity index (χ4n) is 4.37. The minimum atomic E-state index is -3.59. The van der Waals surface area contributed by atoms with Gasteiger partial charge in [-0.05, 0) is 59.9 Å². The zero-order valence-corrected chi connectivity index (χ0v) is 26.8. The summed E-state index contributed by atoms with van der Waals surface area (Å²) < 4.78 is 27.3. The van der Waals surface area contributed by atoms with Gasteiger partial charge in [-0.1, -0.05) is 83.8 Å². The van der Waals surface area contributed by atoms with Crippen molar-refractivity contribution in [2.45, 2.75) is 45.7 Å². The summed E-state index contributed by atoms with van der Waals surface area (Å²) in [5.41, 5.74) is 2.30. The lowest BCUT2D eigenvalue weighted by molar-refractivity contribution is -0.141. The third-order valence-electron chi connectivity index (χ3n) is 6.49. The molecule has 0 aliphatic carbocycles. The van der Waals surface area contributed by atoms with Crippen LogP contribution in [0.25, 0.3) is 0 Å². The van der Waals surface area contributed by atoms with Crippen molar-refractivity contribution in [1.29, 1.82) is 0 Å². The van der Waals surface area contributed by atoms with E-state index in [0.29, 0.717) is 23.7 Å².